The van der Waals surface area contributed by atoms with Gasteiger partial charge in [0.1, 0.15) is 24.3 Å². The van der Waals surface area contributed by atoms with Crippen molar-refractivity contribution in [2.45, 2.75) is 32.0 Å². The van der Waals surface area contributed by atoms with Crippen molar-refractivity contribution in [3.63, 3.8) is 0 Å². The first kappa shape index (κ1) is 16.9. The summed E-state index contributed by atoms with van der Waals surface area (Å²) in [5, 5.41) is 19.3. The Bertz CT molecular complexity index is 958. The lowest BCUT2D eigenvalue weighted by atomic mass is 10.2. The first-order valence-electron chi connectivity index (χ1n) is 7.85. The van der Waals surface area contributed by atoms with E-state index in [0.29, 0.717) is 25.1 Å². The fraction of sp³-hybridized carbons (Fsp3) is 0.353. The molecule has 0 radical (unpaired) electrons. The maximum absolute atomic E-state index is 13.5. The topological polar surface area (TPSA) is 97.2 Å². The average Bonchev–Trinajstić information content (AvgIpc) is 3.08. The summed E-state index contributed by atoms with van der Waals surface area (Å²) >= 11 is 0. The van der Waals surface area contributed by atoms with Gasteiger partial charge in [0.25, 0.3) is 5.56 Å². The molecular weight excluding hydrogens is 329 g/mol. The van der Waals surface area contributed by atoms with Crippen molar-refractivity contribution in [2.24, 2.45) is 0 Å². The average molecular weight is 345 g/mol. The molecule has 130 valence electrons. The highest BCUT2D eigenvalue weighted by Gasteiger charge is 2.23. The van der Waals surface area contributed by atoms with E-state index in [1.165, 1.54) is 22.8 Å². The third-order valence-corrected chi connectivity index (χ3v) is 4.10. The molecule has 0 bridgehead atoms. The number of nitriles is 1. The molecule has 0 amide bonds. The van der Waals surface area contributed by atoms with Crippen LogP contribution < -0.4 is 16.0 Å². The van der Waals surface area contributed by atoms with Gasteiger partial charge in [-0.1, -0.05) is 12.1 Å². The molecule has 1 unspecified atom stereocenters. The van der Waals surface area contributed by atoms with Crippen molar-refractivity contribution in [3.05, 3.63) is 62.2 Å². The third-order valence-electron chi connectivity index (χ3n) is 4.10. The van der Waals surface area contributed by atoms with E-state index < -0.39 is 23.2 Å². The quantitative estimate of drug-likeness (QED) is 0.846. The van der Waals surface area contributed by atoms with Crippen molar-refractivity contribution in [1.29, 1.82) is 5.26 Å². The summed E-state index contributed by atoms with van der Waals surface area (Å²) in [4.78, 5) is 24.8. The van der Waals surface area contributed by atoms with Crippen LogP contribution in [0.5, 0.6) is 5.75 Å². The van der Waals surface area contributed by atoms with Gasteiger partial charge < -0.3 is 9.84 Å². The molecule has 1 aromatic carbocycles. The van der Waals surface area contributed by atoms with Gasteiger partial charge in [-0.05, 0) is 25.0 Å². The Morgan fingerprint density at radius 1 is 1.36 bits per heavy atom. The number of rotatable bonds is 5. The summed E-state index contributed by atoms with van der Waals surface area (Å²) in [6.07, 6.45) is -0.0175. The highest BCUT2D eigenvalue weighted by molar-refractivity contribution is 5.33. The molecule has 1 aliphatic rings. The molecule has 1 aliphatic heterocycles. The molecule has 1 atom stereocenters. The second-order valence-corrected chi connectivity index (χ2v) is 5.78. The molecule has 0 saturated carbocycles. The minimum absolute atomic E-state index is 0.0303. The zero-order chi connectivity index (χ0) is 18.0. The summed E-state index contributed by atoms with van der Waals surface area (Å²) < 4.78 is 20.9. The fourth-order valence-corrected chi connectivity index (χ4v) is 2.92. The van der Waals surface area contributed by atoms with E-state index >= 15 is 0 Å². The van der Waals surface area contributed by atoms with Gasteiger partial charge in [0.15, 0.2) is 11.6 Å². The summed E-state index contributed by atoms with van der Waals surface area (Å²) in [5.41, 5.74) is -0.891. The Kier molecular flexibility index (Phi) is 4.67. The molecule has 1 aromatic heterocycles. The van der Waals surface area contributed by atoms with Gasteiger partial charge in [-0.3, -0.25) is 13.9 Å². The van der Waals surface area contributed by atoms with Crippen molar-refractivity contribution in [1.82, 2.24) is 9.13 Å². The van der Waals surface area contributed by atoms with Gasteiger partial charge >= 0.3 is 5.69 Å². The lowest BCUT2D eigenvalue weighted by molar-refractivity contribution is 0.0880. The lowest BCUT2D eigenvalue weighted by Gasteiger charge is -2.15. The largest absolute Gasteiger partial charge is 0.488 e. The van der Waals surface area contributed by atoms with Gasteiger partial charge in [0.2, 0.25) is 0 Å². The number of para-hydroxylation sites is 1. The van der Waals surface area contributed by atoms with Crippen LogP contribution in [0.4, 0.5) is 4.39 Å². The minimum Gasteiger partial charge on any atom is -0.488 e. The Hall–Kier alpha value is -2.92. The van der Waals surface area contributed by atoms with Crippen LogP contribution in [0.3, 0.4) is 0 Å². The summed E-state index contributed by atoms with van der Waals surface area (Å²) in [5.74, 6) is -0.603. The number of aliphatic hydroxyl groups excluding tert-OH is 1. The summed E-state index contributed by atoms with van der Waals surface area (Å²) in [6.45, 7) is -0.192. The number of aromatic nitrogens is 2. The Morgan fingerprint density at radius 3 is 2.84 bits per heavy atom. The van der Waals surface area contributed by atoms with Crippen LogP contribution in [0, 0.1) is 17.1 Å². The number of hydrogen-bond acceptors (Lipinski definition) is 5. The van der Waals surface area contributed by atoms with E-state index in [0.717, 1.165) is 4.57 Å². The molecule has 7 nitrogen and oxygen atoms in total. The van der Waals surface area contributed by atoms with E-state index in [2.05, 4.69) is 0 Å². The molecular formula is C17H16FN3O4. The Balaban J connectivity index is 1.81. The van der Waals surface area contributed by atoms with Gasteiger partial charge in [-0.2, -0.15) is 5.26 Å². The molecule has 1 N–H and O–H groups in total. The van der Waals surface area contributed by atoms with Crippen LogP contribution in [0.1, 0.15) is 17.7 Å². The molecule has 3 rings (SSSR count). The minimum atomic E-state index is -1.21. The number of ether oxygens (including phenoxy) is 1. The Labute approximate surface area is 142 Å². The van der Waals surface area contributed by atoms with Crippen molar-refractivity contribution < 1.29 is 14.2 Å². The van der Waals surface area contributed by atoms with Gasteiger partial charge in [0.05, 0.1) is 6.54 Å². The smallest absolute Gasteiger partial charge is 0.331 e. The summed E-state index contributed by atoms with van der Waals surface area (Å²) in [6, 6.07) is 7.57. The highest BCUT2D eigenvalue weighted by Crippen LogP contribution is 2.16. The molecule has 8 heteroatoms. The number of nitrogens with zero attached hydrogens (tertiary/aromatic N) is 3. The van der Waals surface area contributed by atoms with E-state index in [-0.39, 0.29) is 24.5 Å². The number of aliphatic hydroxyl groups is 1. The monoisotopic (exact) mass is 345 g/mol. The number of hydrogen-bond donors (Lipinski definition) is 1. The van der Waals surface area contributed by atoms with Gasteiger partial charge in [0, 0.05) is 12.2 Å². The predicted octanol–water partition coefficient (Wildman–Crippen LogP) is 0.407. The van der Waals surface area contributed by atoms with E-state index in [4.69, 9.17) is 4.74 Å². The second-order valence-electron chi connectivity index (χ2n) is 5.78. The lowest BCUT2D eigenvalue weighted by Crippen LogP contribution is -2.44. The van der Waals surface area contributed by atoms with Crippen LogP contribution in [0.15, 0.2) is 33.9 Å². The van der Waals surface area contributed by atoms with Gasteiger partial charge in [-0.15, -0.1) is 0 Å². The van der Waals surface area contributed by atoms with Gasteiger partial charge in [-0.25, -0.2) is 9.18 Å². The van der Waals surface area contributed by atoms with Crippen LogP contribution in [0.2, 0.25) is 0 Å². The Morgan fingerprint density at radius 2 is 2.12 bits per heavy atom. The van der Waals surface area contributed by atoms with Crippen LogP contribution >= 0.6 is 0 Å². The highest BCUT2D eigenvalue weighted by atomic mass is 19.1. The normalized spacial score (nSPS) is 14.0. The zero-order valence-electron chi connectivity index (χ0n) is 13.3. The maximum atomic E-state index is 13.5. The molecule has 0 saturated heterocycles. The van der Waals surface area contributed by atoms with Crippen LogP contribution in [-0.4, -0.2) is 27.0 Å². The SMILES string of the molecule is N#Cc1c2n(c(=O)n(CC(O)COc3ccccc3F)c1=O)CCC2. The first-order chi connectivity index (χ1) is 12.0. The van der Waals surface area contributed by atoms with Crippen molar-refractivity contribution in [2.75, 3.05) is 6.61 Å². The fourth-order valence-electron chi connectivity index (χ4n) is 2.92. The molecule has 0 spiro atoms. The van der Waals surface area contributed by atoms with E-state index in [9.17, 15) is 24.3 Å². The van der Waals surface area contributed by atoms with Crippen molar-refractivity contribution in [3.8, 4) is 11.8 Å². The number of benzene rings is 1. The third kappa shape index (κ3) is 3.19. The number of fused-ring (bicyclic) bond motifs is 1. The van der Waals surface area contributed by atoms with Crippen LogP contribution in [0.25, 0.3) is 0 Å². The molecule has 2 heterocycles. The zero-order valence-corrected chi connectivity index (χ0v) is 13.3. The summed E-state index contributed by atoms with van der Waals surface area (Å²) in [7, 11) is 0. The molecule has 0 aliphatic carbocycles. The standard InChI is InChI=1S/C17H16FN3O4/c18-13-4-1-2-6-15(13)25-10-11(22)9-21-16(23)12(8-19)14-5-3-7-20(14)17(21)24/h1-2,4,6,11,22H,3,5,7,9-10H2. The maximum Gasteiger partial charge on any atom is 0.331 e. The molecule has 25 heavy (non-hydrogen) atoms. The van der Waals surface area contributed by atoms with Crippen molar-refractivity contribution >= 4 is 0 Å². The molecule has 0 fully saturated rings. The number of halogens is 1. The van der Waals surface area contributed by atoms with E-state index in [1.54, 1.807) is 6.07 Å². The second kappa shape index (κ2) is 6.91. The predicted molar refractivity (Wildman–Crippen MR) is 85.9 cm³/mol. The molecule has 2 aromatic rings. The first-order valence-corrected chi connectivity index (χ1v) is 7.85. The van der Waals surface area contributed by atoms with E-state index in [1.807, 2.05) is 6.07 Å². The van der Waals surface area contributed by atoms with Crippen LogP contribution in [-0.2, 0) is 19.5 Å².